The lowest BCUT2D eigenvalue weighted by molar-refractivity contribution is 0.0510. The van der Waals surface area contributed by atoms with Gasteiger partial charge in [0, 0.05) is 6.04 Å². The first kappa shape index (κ1) is 15.9. The number of rotatable bonds is 3. The van der Waals surface area contributed by atoms with E-state index in [0.717, 1.165) is 9.39 Å². The fraction of sp³-hybridized carbons (Fsp3) is 0.583. The van der Waals surface area contributed by atoms with E-state index in [-0.39, 0.29) is 6.04 Å². The normalized spacial score (nSPS) is 15.1. The van der Waals surface area contributed by atoms with Crippen LogP contribution in [0.3, 0.4) is 0 Å². The molecule has 116 valence electrons. The molecule has 1 aliphatic rings. The minimum absolute atomic E-state index is 0.130. The van der Waals surface area contributed by atoms with Crippen molar-refractivity contribution in [2.24, 2.45) is 3.25 Å². The Labute approximate surface area is 133 Å². The highest BCUT2D eigenvalue weighted by Gasteiger charge is 2.24. The molecular weight excluding hydrogens is 387 g/mol. The Morgan fingerprint density at radius 3 is 2.90 bits per heavy atom. The third-order valence-electron chi connectivity index (χ3n) is 2.47. The molecule has 0 radical (unpaired) electrons. The fourth-order valence-corrected chi connectivity index (χ4v) is 3.56. The van der Waals surface area contributed by atoms with E-state index in [1.54, 1.807) is 5.01 Å². The number of halogens is 1. The standard InChI is InChI=1S/C12H19IN6O2/c1-7(17-11(20)21-12(2,3)4)5-19-10-8(13-18-19)9(14)15-6-16-10/h6-7H,5H2,1-4H3,(H,17,20)(H2,14,15,16)/t7-/m0/s1. The van der Waals surface area contributed by atoms with E-state index >= 15 is 0 Å². The molecule has 1 aliphatic heterocycles. The van der Waals surface area contributed by atoms with Gasteiger partial charge < -0.3 is 15.8 Å². The number of nitrogen functional groups attached to an aromatic ring is 1. The van der Waals surface area contributed by atoms with Crippen molar-refractivity contribution in [2.45, 2.75) is 39.3 Å². The zero-order chi connectivity index (χ0) is 15.6. The Morgan fingerprint density at radius 1 is 1.52 bits per heavy atom. The highest BCUT2D eigenvalue weighted by Crippen LogP contribution is 2.35. The number of nitrogens with zero attached hydrogens (tertiary/aromatic N) is 4. The van der Waals surface area contributed by atoms with Crippen LogP contribution in [-0.4, -0.2) is 34.2 Å². The second-order valence-electron chi connectivity index (χ2n) is 5.69. The zero-order valence-electron chi connectivity index (χ0n) is 12.4. The molecule has 0 unspecified atom stereocenters. The van der Waals surface area contributed by atoms with Crippen molar-refractivity contribution in [3.63, 3.8) is 0 Å². The average Bonchev–Trinajstić information content (AvgIpc) is 2.71. The molecule has 0 bridgehead atoms. The van der Waals surface area contributed by atoms with Crippen molar-refractivity contribution in [2.75, 3.05) is 17.3 Å². The predicted octanol–water partition coefficient (Wildman–Crippen LogP) is 2.03. The molecule has 8 nitrogen and oxygen atoms in total. The van der Waals surface area contributed by atoms with Crippen LogP contribution in [0.15, 0.2) is 9.58 Å². The maximum absolute atomic E-state index is 11.7. The molecule has 1 amide bonds. The van der Waals surface area contributed by atoms with Crippen LogP contribution in [0.1, 0.15) is 27.7 Å². The molecule has 1 aromatic heterocycles. The molecule has 2 rings (SSSR count). The van der Waals surface area contributed by atoms with Crippen LogP contribution in [0.25, 0.3) is 0 Å². The highest BCUT2D eigenvalue weighted by atomic mass is 127. The van der Waals surface area contributed by atoms with E-state index in [2.05, 4.69) is 18.5 Å². The minimum atomic E-state index is -0.558. The van der Waals surface area contributed by atoms with Gasteiger partial charge in [-0.05, 0) is 27.7 Å². The molecule has 9 heteroatoms. The largest absolute Gasteiger partial charge is 0.444 e. The van der Waals surface area contributed by atoms with Crippen LogP contribution in [0.5, 0.6) is 0 Å². The predicted molar refractivity (Wildman–Crippen MR) is 87.8 cm³/mol. The first-order valence-electron chi connectivity index (χ1n) is 6.49. The molecule has 0 aromatic carbocycles. The van der Waals surface area contributed by atoms with Crippen LogP contribution in [0, 0.1) is 3.57 Å². The van der Waals surface area contributed by atoms with Gasteiger partial charge in [-0.3, -0.25) is 0 Å². The molecular formula is C12H19IN6O2. The molecule has 1 atom stereocenters. The average molecular weight is 406 g/mol. The van der Waals surface area contributed by atoms with E-state index in [0.29, 0.717) is 12.4 Å². The third kappa shape index (κ3) is 4.22. The number of aromatic nitrogens is 2. The number of carbonyl (C=O) groups is 1. The van der Waals surface area contributed by atoms with E-state index < -0.39 is 32.7 Å². The number of carbonyl (C=O) groups excluding carboxylic acids is 1. The van der Waals surface area contributed by atoms with Gasteiger partial charge in [-0.15, -0.1) is 3.25 Å². The van der Waals surface area contributed by atoms with Crippen molar-refractivity contribution >= 4 is 38.8 Å². The molecule has 0 fully saturated rings. The van der Waals surface area contributed by atoms with Crippen molar-refractivity contribution in [3.8, 4) is 0 Å². The number of amides is 1. The number of ether oxygens (including phenoxy) is 1. The fourth-order valence-electron chi connectivity index (χ4n) is 1.69. The van der Waals surface area contributed by atoms with Gasteiger partial charge in [-0.2, -0.15) is 0 Å². The Hall–Kier alpha value is -1.52. The highest BCUT2D eigenvalue weighted by molar-refractivity contribution is 14.2. The zero-order valence-corrected chi connectivity index (χ0v) is 14.6. The third-order valence-corrected chi connectivity index (χ3v) is 4.72. The number of nitrogens with two attached hydrogens (primary N) is 1. The van der Waals surface area contributed by atoms with Gasteiger partial charge in [0.05, 0.1) is 27.6 Å². The maximum Gasteiger partial charge on any atom is 0.407 e. The Kier molecular flexibility index (Phi) is 4.59. The SMILES string of the molecule is C[C@@H](CN1N=Ic2c(N)ncnc21)NC(=O)OC(C)(C)C. The summed E-state index contributed by atoms with van der Waals surface area (Å²) in [7, 11) is 0. The molecule has 1 aromatic rings. The van der Waals surface area contributed by atoms with Crippen molar-refractivity contribution < 1.29 is 9.53 Å². The smallest absolute Gasteiger partial charge is 0.407 e. The van der Waals surface area contributed by atoms with Gasteiger partial charge in [0.1, 0.15) is 21.3 Å². The Morgan fingerprint density at radius 2 is 2.24 bits per heavy atom. The molecule has 0 aliphatic carbocycles. The number of fused-ring (bicyclic) bond motifs is 1. The van der Waals surface area contributed by atoms with Crippen LogP contribution >= 0.6 is 21.0 Å². The van der Waals surface area contributed by atoms with Gasteiger partial charge in [0.15, 0.2) is 5.82 Å². The molecule has 0 spiro atoms. The van der Waals surface area contributed by atoms with Gasteiger partial charge in [0.2, 0.25) is 0 Å². The lowest BCUT2D eigenvalue weighted by atomic mass is 10.2. The number of hydrogen-bond acceptors (Lipinski definition) is 7. The topological polar surface area (TPSA) is 106 Å². The lowest BCUT2D eigenvalue weighted by Gasteiger charge is -2.23. The van der Waals surface area contributed by atoms with Crippen LogP contribution in [0.2, 0.25) is 0 Å². The number of hydrogen-bond donors (Lipinski definition) is 2. The first-order chi connectivity index (χ1) is 9.76. The van der Waals surface area contributed by atoms with Crippen molar-refractivity contribution in [1.29, 1.82) is 0 Å². The Balaban J connectivity index is 1.94. The van der Waals surface area contributed by atoms with E-state index in [1.165, 1.54) is 6.33 Å². The summed E-state index contributed by atoms with van der Waals surface area (Å²) in [6.07, 6.45) is 0.990. The molecule has 0 saturated carbocycles. The summed E-state index contributed by atoms with van der Waals surface area (Å²) in [5.41, 5.74) is 5.30. The van der Waals surface area contributed by atoms with Crippen molar-refractivity contribution in [3.05, 3.63) is 9.90 Å². The maximum atomic E-state index is 11.7. The molecule has 3 N–H and O–H groups in total. The van der Waals surface area contributed by atoms with E-state index in [4.69, 9.17) is 10.5 Å². The summed E-state index contributed by atoms with van der Waals surface area (Å²) in [4.78, 5) is 19.9. The Bertz CT molecular complexity index is 571. The monoisotopic (exact) mass is 406 g/mol. The first-order valence-corrected chi connectivity index (χ1v) is 8.53. The van der Waals surface area contributed by atoms with Gasteiger partial charge >= 0.3 is 6.09 Å². The van der Waals surface area contributed by atoms with Crippen LogP contribution in [0.4, 0.5) is 16.4 Å². The summed E-state index contributed by atoms with van der Waals surface area (Å²) in [5.74, 6) is 1.24. The second-order valence-corrected chi connectivity index (χ2v) is 7.68. The van der Waals surface area contributed by atoms with Crippen LogP contribution < -0.4 is 16.1 Å². The van der Waals surface area contributed by atoms with Gasteiger partial charge in [0.25, 0.3) is 0 Å². The van der Waals surface area contributed by atoms with E-state index in [1.807, 2.05) is 27.7 Å². The summed E-state index contributed by atoms with van der Waals surface area (Å²) in [6, 6.07) is -0.130. The summed E-state index contributed by atoms with van der Waals surface area (Å²) in [5, 5.41) is 4.56. The minimum Gasteiger partial charge on any atom is -0.444 e. The van der Waals surface area contributed by atoms with E-state index in [9.17, 15) is 4.79 Å². The summed E-state index contributed by atoms with van der Waals surface area (Å²) >= 11 is -0.558. The van der Waals surface area contributed by atoms with Gasteiger partial charge in [-0.25, -0.2) is 19.8 Å². The number of alkyl carbamates (subject to hydrolysis) is 1. The number of anilines is 2. The molecule has 21 heavy (non-hydrogen) atoms. The second kappa shape index (κ2) is 6.08. The summed E-state index contributed by atoms with van der Waals surface area (Å²) < 4.78 is 10.6. The summed E-state index contributed by atoms with van der Waals surface area (Å²) in [6.45, 7) is 7.89. The van der Waals surface area contributed by atoms with Crippen molar-refractivity contribution in [1.82, 2.24) is 15.3 Å². The lowest BCUT2D eigenvalue weighted by Crippen LogP contribution is -2.42. The quantitative estimate of drug-likeness (QED) is 0.745. The van der Waals surface area contributed by atoms with Gasteiger partial charge in [-0.1, -0.05) is 0 Å². The molecule has 2 heterocycles. The molecule has 0 saturated heterocycles. The number of nitrogens with one attached hydrogen (secondary N) is 1. The van der Waals surface area contributed by atoms with Crippen LogP contribution in [-0.2, 0) is 4.74 Å².